The number of halogens is 1. The normalized spacial score (nSPS) is 18.6. The molecule has 1 aliphatic carbocycles. The van der Waals surface area contributed by atoms with E-state index >= 15 is 0 Å². The van der Waals surface area contributed by atoms with Crippen LogP contribution in [0.25, 0.3) is 0 Å². The molecule has 0 aromatic heterocycles. The number of oxime groups is 1. The Balaban J connectivity index is 1.44. The zero-order chi connectivity index (χ0) is 20.2. The van der Waals surface area contributed by atoms with Crippen LogP contribution in [-0.2, 0) is 16.2 Å². The van der Waals surface area contributed by atoms with Crippen molar-refractivity contribution in [1.29, 1.82) is 0 Å². The van der Waals surface area contributed by atoms with E-state index in [1.54, 1.807) is 7.11 Å². The van der Waals surface area contributed by atoms with Crippen molar-refractivity contribution in [3.05, 3.63) is 64.7 Å². The third kappa shape index (κ3) is 4.73. The fourth-order valence-electron chi connectivity index (χ4n) is 3.72. The lowest BCUT2D eigenvalue weighted by Crippen LogP contribution is -2.42. The standard InChI is InChI=1S/C23H25ClN2O3/c1-28-20-7-2-4-16(12-20)14-26(23(27)18-5-3-6-18)15-21-13-22(25-29-21)17-8-10-19(24)11-9-17/h2,4,7-12,18,21H,3,5-6,13-15H2,1H3/t21-/m0/s1. The first kappa shape index (κ1) is 19.8. The first-order valence-corrected chi connectivity index (χ1v) is 10.4. The third-order valence-corrected chi connectivity index (χ3v) is 5.86. The molecule has 29 heavy (non-hydrogen) atoms. The lowest BCUT2D eigenvalue weighted by atomic mass is 9.84. The van der Waals surface area contributed by atoms with Crippen LogP contribution in [0.5, 0.6) is 5.75 Å². The summed E-state index contributed by atoms with van der Waals surface area (Å²) in [6.45, 7) is 1.07. The van der Waals surface area contributed by atoms with E-state index in [2.05, 4.69) is 5.16 Å². The summed E-state index contributed by atoms with van der Waals surface area (Å²) >= 11 is 5.97. The van der Waals surface area contributed by atoms with Gasteiger partial charge >= 0.3 is 0 Å². The molecular weight excluding hydrogens is 388 g/mol. The Morgan fingerprint density at radius 3 is 2.72 bits per heavy atom. The molecule has 152 valence electrons. The van der Waals surface area contributed by atoms with E-state index in [1.165, 1.54) is 0 Å². The van der Waals surface area contributed by atoms with Gasteiger partial charge in [0, 0.05) is 23.9 Å². The molecule has 0 radical (unpaired) electrons. The predicted octanol–water partition coefficient (Wildman–Crippen LogP) is 4.67. The summed E-state index contributed by atoms with van der Waals surface area (Å²) in [6.07, 6.45) is 3.62. The van der Waals surface area contributed by atoms with Gasteiger partial charge in [-0.1, -0.05) is 47.4 Å². The maximum atomic E-state index is 13.0. The van der Waals surface area contributed by atoms with Crippen LogP contribution in [0.4, 0.5) is 0 Å². The number of benzene rings is 2. The number of nitrogens with zero attached hydrogens (tertiary/aromatic N) is 2. The van der Waals surface area contributed by atoms with Crippen LogP contribution in [0.1, 0.15) is 36.8 Å². The molecular formula is C23H25ClN2O3. The van der Waals surface area contributed by atoms with Crippen LogP contribution < -0.4 is 4.74 Å². The van der Waals surface area contributed by atoms with Gasteiger partial charge in [0.25, 0.3) is 0 Å². The fourth-order valence-corrected chi connectivity index (χ4v) is 3.85. The van der Waals surface area contributed by atoms with E-state index < -0.39 is 0 Å². The Morgan fingerprint density at radius 2 is 2.03 bits per heavy atom. The van der Waals surface area contributed by atoms with Gasteiger partial charge in [0.2, 0.25) is 5.91 Å². The first-order valence-electron chi connectivity index (χ1n) is 10.0. The highest BCUT2D eigenvalue weighted by Crippen LogP contribution is 2.30. The molecule has 1 heterocycles. The second-order valence-electron chi connectivity index (χ2n) is 7.67. The topological polar surface area (TPSA) is 51.1 Å². The van der Waals surface area contributed by atoms with Gasteiger partial charge in [0.1, 0.15) is 5.75 Å². The zero-order valence-electron chi connectivity index (χ0n) is 16.5. The number of carbonyl (C=O) groups is 1. The highest BCUT2D eigenvalue weighted by Gasteiger charge is 2.33. The number of ether oxygens (including phenoxy) is 1. The summed E-state index contributed by atoms with van der Waals surface area (Å²) in [5, 5.41) is 4.95. The highest BCUT2D eigenvalue weighted by molar-refractivity contribution is 6.30. The molecule has 0 N–H and O–H groups in total. The zero-order valence-corrected chi connectivity index (χ0v) is 17.3. The van der Waals surface area contributed by atoms with Crippen molar-refractivity contribution in [2.45, 2.75) is 38.3 Å². The molecule has 0 unspecified atom stereocenters. The van der Waals surface area contributed by atoms with Crippen LogP contribution in [0.2, 0.25) is 5.02 Å². The SMILES string of the molecule is COc1cccc(CN(C[C@@H]2CC(c3ccc(Cl)cc3)=NO2)C(=O)C2CCC2)c1. The average Bonchev–Trinajstić information content (AvgIpc) is 3.15. The number of amides is 1. The molecule has 1 atom stereocenters. The third-order valence-electron chi connectivity index (χ3n) is 5.61. The molecule has 0 saturated heterocycles. The lowest BCUT2D eigenvalue weighted by Gasteiger charge is -2.32. The Morgan fingerprint density at radius 1 is 1.24 bits per heavy atom. The van der Waals surface area contributed by atoms with Gasteiger partial charge in [-0.3, -0.25) is 4.79 Å². The lowest BCUT2D eigenvalue weighted by molar-refractivity contribution is -0.140. The minimum absolute atomic E-state index is 0.138. The van der Waals surface area contributed by atoms with Gasteiger partial charge in [0.05, 0.1) is 19.4 Å². The molecule has 5 nitrogen and oxygen atoms in total. The van der Waals surface area contributed by atoms with Crippen molar-refractivity contribution in [2.75, 3.05) is 13.7 Å². The second-order valence-corrected chi connectivity index (χ2v) is 8.11. The highest BCUT2D eigenvalue weighted by atomic mass is 35.5. The Bertz CT molecular complexity index is 893. The van der Waals surface area contributed by atoms with E-state index in [0.29, 0.717) is 24.5 Å². The molecule has 0 bridgehead atoms. The number of methoxy groups -OCH3 is 1. The molecule has 1 fully saturated rings. The monoisotopic (exact) mass is 412 g/mol. The van der Waals surface area contributed by atoms with Gasteiger partial charge < -0.3 is 14.5 Å². The van der Waals surface area contributed by atoms with Crippen molar-refractivity contribution < 1.29 is 14.4 Å². The Kier molecular flexibility index (Phi) is 6.05. The number of hydrogen-bond acceptors (Lipinski definition) is 4. The van der Waals surface area contributed by atoms with E-state index in [1.807, 2.05) is 53.4 Å². The van der Waals surface area contributed by atoms with Gasteiger partial charge in [-0.25, -0.2) is 0 Å². The van der Waals surface area contributed by atoms with Crippen molar-refractivity contribution >= 4 is 23.2 Å². The molecule has 1 aliphatic heterocycles. The summed E-state index contributed by atoms with van der Waals surface area (Å²) < 4.78 is 5.33. The van der Waals surface area contributed by atoms with Gasteiger partial charge in [-0.05, 0) is 48.2 Å². The van der Waals surface area contributed by atoms with Crippen LogP contribution in [-0.4, -0.2) is 36.3 Å². The quantitative estimate of drug-likeness (QED) is 0.664. The van der Waals surface area contributed by atoms with Crippen LogP contribution in [0.15, 0.2) is 53.7 Å². The Hall–Kier alpha value is -2.53. The van der Waals surface area contributed by atoms with Crippen LogP contribution in [0.3, 0.4) is 0 Å². The minimum atomic E-state index is -0.143. The van der Waals surface area contributed by atoms with Crippen molar-refractivity contribution in [3.8, 4) is 5.75 Å². The van der Waals surface area contributed by atoms with E-state index in [-0.39, 0.29) is 17.9 Å². The summed E-state index contributed by atoms with van der Waals surface area (Å²) in [5.74, 6) is 1.14. The Labute approximate surface area is 176 Å². The van der Waals surface area contributed by atoms with Gasteiger partial charge in [-0.2, -0.15) is 0 Å². The van der Waals surface area contributed by atoms with Crippen LogP contribution >= 0.6 is 11.6 Å². The van der Waals surface area contributed by atoms with E-state index in [0.717, 1.165) is 41.9 Å². The average molecular weight is 413 g/mol. The number of carbonyl (C=O) groups excluding carboxylic acids is 1. The summed E-state index contributed by atoms with van der Waals surface area (Å²) in [6, 6.07) is 15.5. The van der Waals surface area contributed by atoms with Gasteiger partial charge in [-0.15, -0.1) is 0 Å². The van der Waals surface area contributed by atoms with Gasteiger partial charge in [0.15, 0.2) is 6.10 Å². The minimum Gasteiger partial charge on any atom is -0.497 e. The molecule has 1 amide bonds. The molecule has 2 aromatic carbocycles. The molecule has 1 saturated carbocycles. The maximum Gasteiger partial charge on any atom is 0.226 e. The van der Waals surface area contributed by atoms with Crippen molar-refractivity contribution in [1.82, 2.24) is 4.90 Å². The van der Waals surface area contributed by atoms with E-state index in [9.17, 15) is 4.79 Å². The molecule has 0 spiro atoms. The largest absolute Gasteiger partial charge is 0.497 e. The molecule has 6 heteroatoms. The summed E-state index contributed by atoms with van der Waals surface area (Å²) in [7, 11) is 1.65. The first-order chi connectivity index (χ1) is 14.1. The predicted molar refractivity (Wildman–Crippen MR) is 113 cm³/mol. The second kappa shape index (κ2) is 8.87. The number of hydrogen-bond donors (Lipinski definition) is 0. The van der Waals surface area contributed by atoms with Crippen molar-refractivity contribution in [3.63, 3.8) is 0 Å². The number of rotatable bonds is 7. The summed E-state index contributed by atoms with van der Waals surface area (Å²) in [5.41, 5.74) is 2.94. The van der Waals surface area contributed by atoms with Crippen LogP contribution in [0, 0.1) is 5.92 Å². The molecule has 2 aromatic rings. The fraction of sp³-hybridized carbons (Fsp3) is 0.391. The molecule has 2 aliphatic rings. The molecule has 4 rings (SSSR count). The smallest absolute Gasteiger partial charge is 0.226 e. The maximum absolute atomic E-state index is 13.0. The van der Waals surface area contributed by atoms with E-state index in [4.69, 9.17) is 21.2 Å². The summed E-state index contributed by atoms with van der Waals surface area (Å²) in [4.78, 5) is 20.6. The van der Waals surface area contributed by atoms with Crippen molar-refractivity contribution in [2.24, 2.45) is 11.1 Å².